The Morgan fingerprint density at radius 2 is 1.94 bits per heavy atom. The quantitative estimate of drug-likeness (QED) is 0.440. The summed E-state index contributed by atoms with van der Waals surface area (Å²) >= 11 is 2.10. The first-order valence-corrected chi connectivity index (χ1v) is 7.93. The maximum atomic E-state index is 11.6. The molecule has 0 amide bonds. The third-order valence-electron chi connectivity index (χ3n) is 5.17. The van der Waals surface area contributed by atoms with Crippen molar-refractivity contribution in [2.24, 2.45) is 23.7 Å². The van der Waals surface area contributed by atoms with Crippen molar-refractivity contribution in [2.45, 2.75) is 44.6 Å². The van der Waals surface area contributed by atoms with Crippen molar-refractivity contribution in [1.82, 2.24) is 0 Å². The fourth-order valence-corrected chi connectivity index (χ4v) is 4.81. The van der Waals surface area contributed by atoms with E-state index in [4.69, 9.17) is 4.74 Å². The first-order chi connectivity index (χ1) is 7.63. The summed E-state index contributed by atoms with van der Waals surface area (Å²) in [7, 11) is 0. The van der Waals surface area contributed by atoms with Gasteiger partial charge in [-0.05, 0) is 55.8 Å². The first-order valence-electron chi connectivity index (χ1n) is 6.41. The molecule has 4 saturated carbocycles. The lowest BCUT2D eigenvalue weighted by Crippen LogP contribution is -2.58. The zero-order valence-corrected chi connectivity index (χ0v) is 11.9. The maximum Gasteiger partial charge on any atom is 0.316 e. The minimum Gasteiger partial charge on any atom is -0.458 e. The van der Waals surface area contributed by atoms with Crippen LogP contribution in [0.3, 0.4) is 0 Å². The number of hydrogen-bond acceptors (Lipinski definition) is 2. The van der Waals surface area contributed by atoms with Crippen molar-refractivity contribution >= 4 is 28.6 Å². The van der Waals surface area contributed by atoms with Gasteiger partial charge in [0, 0.05) is 0 Å². The Morgan fingerprint density at radius 3 is 2.50 bits per heavy atom. The molecule has 4 bridgehead atoms. The van der Waals surface area contributed by atoms with E-state index in [1.807, 2.05) is 0 Å². The van der Waals surface area contributed by atoms with Crippen molar-refractivity contribution in [2.75, 3.05) is 4.43 Å². The summed E-state index contributed by atoms with van der Waals surface area (Å²) in [5.41, 5.74) is -0.0724. The average molecular weight is 334 g/mol. The summed E-state index contributed by atoms with van der Waals surface area (Å²) in [4.78, 5) is 11.6. The van der Waals surface area contributed by atoms with Crippen LogP contribution in [0.5, 0.6) is 0 Å². The van der Waals surface area contributed by atoms with Crippen LogP contribution in [0.4, 0.5) is 0 Å². The Bertz CT molecular complexity index is 301. The van der Waals surface area contributed by atoms with Gasteiger partial charge in [0.05, 0.1) is 4.43 Å². The molecule has 0 aromatic heterocycles. The predicted molar refractivity (Wildman–Crippen MR) is 70.4 cm³/mol. The second-order valence-corrected chi connectivity index (χ2v) is 6.83. The van der Waals surface area contributed by atoms with Crippen LogP contribution in [0.1, 0.15) is 39.0 Å². The molecule has 0 spiro atoms. The van der Waals surface area contributed by atoms with Crippen LogP contribution >= 0.6 is 22.6 Å². The molecule has 0 saturated heterocycles. The van der Waals surface area contributed by atoms with E-state index >= 15 is 0 Å². The molecule has 4 rings (SSSR count). The molecule has 90 valence electrons. The van der Waals surface area contributed by atoms with Gasteiger partial charge >= 0.3 is 5.97 Å². The van der Waals surface area contributed by atoms with Crippen LogP contribution in [-0.4, -0.2) is 16.0 Å². The van der Waals surface area contributed by atoms with Crippen LogP contribution in [0.2, 0.25) is 0 Å². The zero-order chi connectivity index (χ0) is 11.3. The highest BCUT2D eigenvalue weighted by molar-refractivity contribution is 14.1. The lowest BCUT2D eigenvalue weighted by Gasteiger charge is -2.59. The summed E-state index contributed by atoms with van der Waals surface area (Å²) < 4.78 is 6.36. The minimum atomic E-state index is -0.0724. The molecule has 2 nitrogen and oxygen atoms in total. The van der Waals surface area contributed by atoms with Crippen molar-refractivity contribution < 1.29 is 9.53 Å². The topological polar surface area (TPSA) is 26.3 Å². The summed E-state index contributed by atoms with van der Waals surface area (Å²) in [5.74, 6) is 3.10. The molecule has 0 aliphatic heterocycles. The van der Waals surface area contributed by atoms with Crippen LogP contribution < -0.4 is 0 Å². The van der Waals surface area contributed by atoms with Gasteiger partial charge in [-0.3, -0.25) is 4.79 Å². The average Bonchev–Trinajstić information content (AvgIpc) is 2.24. The Kier molecular flexibility index (Phi) is 2.72. The van der Waals surface area contributed by atoms with Gasteiger partial charge in [-0.2, -0.15) is 0 Å². The summed E-state index contributed by atoms with van der Waals surface area (Å²) in [6.07, 6.45) is 6.46. The lowest BCUT2D eigenvalue weighted by atomic mass is 9.50. The van der Waals surface area contributed by atoms with Gasteiger partial charge in [0.15, 0.2) is 0 Å². The third-order valence-corrected chi connectivity index (χ3v) is 5.79. The van der Waals surface area contributed by atoms with Gasteiger partial charge < -0.3 is 4.74 Å². The molecule has 3 unspecified atom stereocenters. The van der Waals surface area contributed by atoms with Crippen molar-refractivity contribution in [3.05, 3.63) is 0 Å². The van der Waals surface area contributed by atoms with E-state index in [1.165, 1.54) is 19.3 Å². The van der Waals surface area contributed by atoms with E-state index in [0.29, 0.717) is 10.3 Å². The van der Waals surface area contributed by atoms with Gasteiger partial charge in [0.2, 0.25) is 0 Å². The van der Waals surface area contributed by atoms with Gasteiger partial charge in [0.25, 0.3) is 0 Å². The Labute approximate surface area is 111 Å². The van der Waals surface area contributed by atoms with Crippen molar-refractivity contribution in [3.63, 3.8) is 0 Å². The monoisotopic (exact) mass is 334 g/mol. The number of carbonyl (C=O) groups excluding carboxylic acids is 1. The molecule has 0 N–H and O–H groups in total. The van der Waals surface area contributed by atoms with Crippen LogP contribution in [0.25, 0.3) is 0 Å². The highest BCUT2D eigenvalue weighted by Crippen LogP contribution is 2.59. The Hall–Kier alpha value is 0.200. The maximum absolute atomic E-state index is 11.6. The smallest absolute Gasteiger partial charge is 0.316 e. The number of esters is 1. The van der Waals surface area contributed by atoms with E-state index in [-0.39, 0.29) is 11.6 Å². The summed E-state index contributed by atoms with van der Waals surface area (Å²) in [6, 6.07) is 0. The predicted octanol–water partition coefficient (Wildman–Crippen LogP) is 3.18. The Morgan fingerprint density at radius 1 is 1.31 bits per heavy atom. The van der Waals surface area contributed by atoms with Crippen molar-refractivity contribution in [3.8, 4) is 0 Å². The molecule has 0 heterocycles. The number of carbonyl (C=O) groups is 1. The third kappa shape index (κ3) is 1.61. The highest BCUT2D eigenvalue weighted by Gasteiger charge is 2.57. The minimum absolute atomic E-state index is 0.00519. The molecule has 0 radical (unpaired) electrons. The molecular formula is C13H19IO2. The fraction of sp³-hybridized carbons (Fsp3) is 0.923. The van der Waals surface area contributed by atoms with Crippen LogP contribution in [0.15, 0.2) is 0 Å². The summed E-state index contributed by atoms with van der Waals surface area (Å²) in [6.45, 7) is 2.31. The molecule has 0 aromatic carbocycles. The van der Waals surface area contributed by atoms with E-state index in [2.05, 4.69) is 29.5 Å². The lowest BCUT2D eigenvalue weighted by molar-refractivity contribution is -0.202. The number of halogens is 1. The molecule has 3 atom stereocenters. The molecule has 4 aliphatic rings. The molecule has 4 fully saturated rings. The largest absolute Gasteiger partial charge is 0.458 e. The normalized spacial score (nSPS) is 49.4. The van der Waals surface area contributed by atoms with E-state index in [9.17, 15) is 4.79 Å². The molecule has 3 heteroatoms. The van der Waals surface area contributed by atoms with Crippen LogP contribution in [0, 0.1) is 23.7 Å². The van der Waals surface area contributed by atoms with Gasteiger partial charge in [-0.15, -0.1) is 0 Å². The van der Waals surface area contributed by atoms with Gasteiger partial charge in [0.1, 0.15) is 5.60 Å². The number of rotatable bonds is 2. The molecule has 16 heavy (non-hydrogen) atoms. The number of ether oxygens (including phenoxy) is 1. The SMILES string of the molecule is CC1C2CC3CC(C2)CC1(OC(=O)CI)C3. The summed E-state index contributed by atoms with van der Waals surface area (Å²) in [5, 5.41) is 0. The second-order valence-electron chi connectivity index (χ2n) is 6.07. The van der Waals surface area contributed by atoms with Gasteiger partial charge in [-0.25, -0.2) is 0 Å². The van der Waals surface area contributed by atoms with Crippen molar-refractivity contribution in [1.29, 1.82) is 0 Å². The van der Waals surface area contributed by atoms with E-state index < -0.39 is 0 Å². The molecule has 4 aliphatic carbocycles. The van der Waals surface area contributed by atoms with E-state index in [1.54, 1.807) is 0 Å². The first kappa shape index (κ1) is 11.3. The molecule has 0 aromatic rings. The van der Waals surface area contributed by atoms with Gasteiger partial charge in [-0.1, -0.05) is 29.5 Å². The number of alkyl halides is 1. The highest BCUT2D eigenvalue weighted by atomic mass is 127. The Balaban J connectivity index is 1.85. The zero-order valence-electron chi connectivity index (χ0n) is 9.75. The second kappa shape index (κ2) is 3.85. The standard InChI is InChI=1S/C13H19IO2/c1-8-11-3-9-2-10(4-11)6-13(8,5-9)16-12(15)7-14/h8-11H,2-7H2,1H3. The van der Waals surface area contributed by atoms with Crippen LogP contribution in [-0.2, 0) is 9.53 Å². The molecular weight excluding hydrogens is 315 g/mol. The van der Waals surface area contributed by atoms with E-state index in [0.717, 1.165) is 30.6 Å². The fourth-order valence-electron chi connectivity index (χ4n) is 4.65. The number of hydrogen-bond donors (Lipinski definition) is 0.